The van der Waals surface area contributed by atoms with Gasteiger partial charge in [0.25, 0.3) is 0 Å². The summed E-state index contributed by atoms with van der Waals surface area (Å²) in [6.07, 6.45) is 11.2. The summed E-state index contributed by atoms with van der Waals surface area (Å²) in [7, 11) is 0. The van der Waals surface area contributed by atoms with E-state index in [1.807, 2.05) is 0 Å². The van der Waals surface area contributed by atoms with Gasteiger partial charge in [0.05, 0.1) is 0 Å². The Labute approximate surface area is 138 Å². The fourth-order valence-corrected chi connectivity index (χ4v) is 1.58. The van der Waals surface area contributed by atoms with E-state index in [-0.39, 0.29) is 59.2 Å². The first-order chi connectivity index (χ1) is 6.77. The summed E-state index contributed by atoms with van der Waals surface area (Å²) in [6.45, 7) is 2.22. The van der Waals surface area contributed by atoms with Crippen LogP contribution in [0.15, 0.2) is 0 Å². The first kappa shape index (κ1) is 18.5. The Kier molecular flexibility index (Phi) is 18.6. The van der Waals surface area contributed by atoms with Crippen molar-refractivity contribution in [3.8, 4) is 0 Å². The van der Waals surface area contributed by atoms with Crippen LogP contribution in [0.2, 0.25) is 0 Å². The van der Waals surface area contributed by atoms with Gasteiger partial charge in [0.2, 0.25) is 0 Å². The van der Waals surface area contributed by atoms with Crippen molar-refractivity contribution in [3.63, 3.8) is 0 Å². The molecule has 0 bridgehead atoms. The molecule has 0 radical (unpaired) electrons. The Bertz CT molecular complexity index is 143. The summed E-state index contributed by atoms with van der Waals surface area (Å²) >= 11 is 0. The number of carbonyl (C=O) groups excluding carboxylic acids is 1. The maximum Gasteiger partial charge on any atom is 1.00 e. The molecule has 0 aliphatic heterocycles. The van der Waals surface area contributed by atoms with Crippen molar-refractivity contribution in [2.75, 3.05) is 0 Å². The van der Waals surface area contributed by atoms with Gasteiger partial charge in [-0.25, -0.2) is 0 Å². The van der Waals surface area contributed by atoms with E-state index in [4.69, 9.17) is 0 Å². The van der Waals surface area contributed by atoms with Crippen LogP contribution in [-0.4, -0.2) is 5.97 Å². The predicted molar refractivity (Wildman–Crippen MR) is 58.0 cm³/mol. The van der Waals surface area contributed by atoms with Crippen LogP contribution in [0.1, 0.15) is 72.6 Å². The summed E-state index contributed by atoms with van der Waals surface area (Å²) in [5.74, 6) is -0.909. The van der Waals surface area contributed by atoms with Crippen LogP contribution < -0.4 is 56.5 Å². The number of unbranched alkanes of at least 4 members (excludes halogenated alkanes) is 8. The zero-order valence-electron chi connectivity index (χ0n) is 11.4. The van der Waals surface area contributed by atoms with Gasteiger partial charge < -0.3 is 9.90 Å². The molecule has 0 aliphatic carbocycles. The van der Waals surface area contributed by atoms with E-state index in [0.717, 1.165) is 12.8 Å². The summed E-state index contributed by atoms with van der Waals surface area (Å²) in [6, 6.07) is 0. The molecule has 0 saturated heterocycles. The average Bonchev–Trinajstić information content (AvgIpc) is 2.15. The first-order valence-corrected chi connectivity index (χ1v) is 5.97. The van der Waals surface area contributed by atoms with E-state index in [2.05, 4.69) is 6.92 Å². The van der Waals surface area contributed by atoms with Crippen molar-refractivity contribution in [1.82, 2.24) is 0 Å². The largest absolute Gasteiger partial charge is 1.00 e. The molecule has 0 rings (SSSR count). The Morgan fingerprint density at radius 2 is 1.33 bits per heavy atom. The molecule has 0 aromatic rings. The third kappa shape index (κ3) is 17.7. The second kappa shape index (κ2) is 15.1. The molecule has 15 heavy (non-hydrogen) atoms. The number of hydrogen-bond acceptors (Lipinski definition) is 2. The van der Waals surface area contributed by atoms with E-state index in [1.165, 1.54) is 44.9 Å². The van der Waals surface area contributed by atoms with E-state index in [0.29, 0.717) is 0 Å². The third-order valence-corrected chi connectivity index (χ3v) is 2.48. The number of aliphatic carboxylic acids is 1. The second-order valence-corrected chi connectivity index (χ2v) is 3.95. The Morgan fingerprint density at radius 1 is 0.933 bits per heavy atom. The van der Waals surface area contributed by atoms with Crippen LogP contribution in [0.3, 0.4) is 0 Å². The monoisotopic (exact) mass is 239 g/mol. The SMILES string of the molecule is CCCCCCCCCCCC(=O)[O-].[H+].[K+]. The van der Waals surface area contributed by atoms with Crippen LogP contribution in [0.4, 0.5) is 0 Å². The van der Waals surface area contributed by atoms with Crippen molar-refractivity contribution in [1.29, 1.82) is 0 Å². The standard InChI is InChI=1S/C12H24O2.K/c1-2-3-4-5-6-7-8-9-10-11-12(13)14;/h2-11H2,1H3,(H,13,14);/q;+1. The molecule has 0 saturated carbocycles. The number of hydrogen-bond donors (Lipinski definition) is 0. The summed E-state index contributed by atoms with van der Waals surface area (Å²) in [4.78, 5) is 10.1. The quantitative estimate of drug-likeness (QED) is 0.390. The summed E-state index contributed by atoms with van der Waals surface area (Å²) in [5, 5.41) is 10.1. The van der Waals surface area contributed by atoms with Gasteiger partial charge in [0, 0.05) is 5.97 Å². The molecule has 2 nitrogen and oxygen atoms in total. The zero-order valence-corrected chi connectivity index (χ0v) is 13.5. The van der Waals surface area contributed by atoms with Crippen LogP contribution >= 0.6 is 0 Å². The van der Waals surface area contributed by atoms with Crippen molar-refractivity contribution in [3.05, 3.63) is 0 Å². The molecule has 0 aromatic heterocycles. The van der Waals surface area contributed by atoms with Crippen LogP contribution in [-0.2, 0) is 4.79 Å². The van der Waals surface area contributed by atoms with Gasteiger partial charge in [0.1, 0.15) is 0 Å². The fraction of sp³-hybridized carbons (Fsp3) is 0.917. The Hall–Kier alpha value is 1.11. The Balaban J connectivity index is -0.000000845. The minimum Gasteiger partial charge on any atom is -0.550 e. The molecule has 3 heteroatoms. The molecule has 0 unspecified atom stereocenters. The number of carbonyl (C=O) groups is 1. The second-order valence-electron chi connectivity index (χ2n) is 3.95. The van der Waals surface area contributed by atoms with Gasteiger partial charge in [-0.05, 0) is 12.8 Å². The summed E-state index contributed by atoms with van der Waals surface area (Å²) < 4.78 is 0. The summed E-state index contributed by atoms with van der Waals surface area (Å²) in [5.41, 5.74) is 0. The smallest absolute Gasteiger partial charge is 0.550 e. The molecule has 0 aliphatic rings. The van der Waals surface area contributed by atoms with E-state index < -0.39 is 5.97 Å². The minimum absolute atomic E-state index is 0. The van der Waals surface area contributed by atoms with Crippen LogP contribution in [0.5, 0.6) is 0 Å². The van der Waals surface area contributed by atoms with Crippen molar-refractivity contribution < 1.29 is 62.7 Å². The van der Waals surface area contributed by atoms with Gasteiger partial charge in [-0.2, -0.15) is 0 Å². The predicted octanol–water partition coefficient (Wildman–Crippen LogP) is -0.226. The molecule has 84 valence electrons. The van der Waals surface area contributed by atoms with E-state index >= 15 is 0 Å². The zero-order chi connectivity index (χ0) is 10.6. The molecule has 0 N–H and O–H groups in total. The molecule has 0 atom stereocenters. The van der Waals surface area contributed by atoms with Crippen molar-refractivity contribution in [2.24, 2.45) is 0 Å². The molecule has 0 aromatic carbocycles. The van der Waals surface area contributed by atoms with Gasteiger partial charge in [-0.3, -0.25) is 0 Å². The Morgan fingerprint density at radius 3 is 1.73 bits per heavy atom. The maximum absolute atomic E-state index is 10.1. The van der Waals surface area contributed by atoms with Crippen molar-refractivity contribution >= 4 is 5.97 Å². The normalized spacial score (nSPS) is 9.67. The van der Waals surface area contributed by atoms with Gasteiger partial charge in [0.15, 0.2) is 0 Å². The first-order valence-electron chi connectivity index (χ1n) is 5.97. The topological polar surface area (TPSA) is 40.1 Å². The fourth-order valence-electron chi connectivity index (χ4n) is 1.58. The van der Waals surface area contributed by atoms with Crippen LogP contribution in [0.25, 0.3) is 0 Å². The molecule has 0 spiro atoms. The third-order valence-electron chi connectivity index (χ3n) is 2.48. The molecular weight excluding hydrogens is 215 g/mol. The number of carboxylic acid groups (broad SMARTS) is 1. The van der Waals surface area contributed by atoms with Crippen molar-refractivity contribution in [2.45, 2.75) is 71.1 Å². The maximum atomic E-state index is 10.1. The average molecular weight is 239 g/mol. The number of rotatable bonds is 10. The van der Waals surface area contributed by atoms with Crippen LogP contribution in [0, 0.1) is 0 Å². The molecule has 0 heterocycles. The molecule has 0 amide bonds. The van der Waals surface area contributed by atoms with Gasteiger partial charge in [-0.1, -0.05) is 58.3 Å². The minimum atomic E-state index is -0.909. The van der Waals surface area contributed by atoms with E-state index in [9.17, 15) is 9.90 Å². The van der Waals surface area contributed by atoms with Gasteiger partial charge in [-0.15, -0.1) is 0 Å². The molecular formula is C12H24KO2+. The number of carboxylic acids is 1. The molecule has 0 fully saturated rings. The van der Waals surface area contributed by atoms with E-state index in [1.54, 1.807) is 0 Å². The van der Waals surface area contributed by atoms with Gasteiger partial charge >= 0.3 is 52.8 Å².